The van der Waals surface area contributed by atoms with E-state index in [1.54, 1.807) is 44.4 Å². The summed E-state index contributed by atoms with van der Waals surface area (Å²) in [6.45, 7) is 8.87. The molecular weight excluding hydrogens is 483 g/mol. The number of carbonyl (C=O) groups is 1. The van der Waals surface area contributed by atoms with Gasteiger partial charge < -0.3 is 19.9 Å². The average Bonchev–Trinajstić information content (AvgIpc) is 2.91. The molecule has 3 aromatic rings. The zero-order valence-corrected chi connectivity index (χ0v) is 22.6. The maximum Gasteiger partial charge on any atom is 0.311 e. The molecule has 4 rings (SSSR count). The van der Waals surface area contributed by atoms with Crippen molar-refractivity contribution in [1.29, 1.82) is 0 Å². The van der Waals surface area contributed by atoms with Crippen molar-refractivity contribution in [3.8, 4) is 0 Å². The predicted octanol–water partition coefficient (Wildman–Crippen LogP) is 6.27. The molecule has 0 radical (unpaired) electrons. The molecule has 2 N–H and O–H groups in total. The topological polar surface area (TPSA) is 87.5 Å². The molecule has 8 heteroatoms. The Morgan fingerprint density at radius 2 is 2.05 bits per heavy atom. The van der Waals surface area contributed by atoms with E-state index in [1.807, 2.05) is 43.9 Å². The maximum atomic E-state index is 15.9. The van der Waals surface area contributed by atoms with Gasteiger partial charge in [-0.3, -0.25) is 9.59 Å². The van der Waals surface area contributed by atoms with Crippen LogP contribution in [0.5, 0.6) is 0 Å². The van der Waals surface area contributed by atoms with Crippen molar-refractivity contribution in [2.24, 2.45) is 12.5 Å². The zero-order valence-electron chi connectivity index (χ0n) is 22.6. The van der Waals surface area contributed by atoms with E-state index in [1.165, 1.54) is 4.57 Å². The molecule has 3 heterocycles. The van der Waals surface area contributed by atoms with Crippen molar-refractivity contribution in [3.05, 3.63) is 76.0 Å². The zero-order chi connectivity index (χ0) is 27.6. The van der Waals surface area contributed by atoms with Crippen LogP contribution in [0.4, 0.5) is 21.6 Å². The van der Waals surface area contributed by atoms with Gasteiger partial charge in [0, 0.05) is 31.1 Å². The number of allylic oxidation sites excluding steroid dienone is 4. The molecule has 7 nitrogen and oxygen atoms in total. The SMILES string of the molecule is C/C=C\C(=C(/C)CC)c1ccc2c(cc(Nc3ccc(N4CCCC(C)(C(=O)O)C4)cn3)c(=O)n2C)c1F. The van der Waals surface area contributed by atoms with E-state index in [4.69, 9.17) is 0 Å². The summed E-state index contributed by atoms with van der Waals surface area (Å²) in [5.41, 5.74) is 2.86. The fourth-order valence-electron chi connectivity index (χ4n) is 5.04. The molecular formula is C30H35FN4O3. The van der Waals surface area contributed by atoms with E-state index in [0.717, 1.165) is 36.2 Å². The summed E-state index contributed by atoms with van der Waals surface area (Å²) < 4.78 is 17.3. The molecule has 1 saturated heterocycles. The Bertz CT molecular complexity index is 1490. The number of nitrogens with zero attached hydrogens (tertiary/aromatic N) is 3. The molecule has 0 amide bonds. The molecule has 1 unspecified atom stereocenters. The molecule has 2 aromatic heterocycles. The number of hydrogen-bond acceptors (Lipinski definition) is 5. The number of fused-ring (bicyclic) bond motifs is 1. The second-order valence-electron chi connectivity index (χ2n) is 10.2. The number of aliphatic carboxylic acids is 1. The molecule has 1 fully saturated rings. The number of pyridine rings is 2. The Morgan fingerprint density at radius 3 is 2.68 bits per heavy atom. The smallest absolute Gasteiger partial charge is 0.311 e. The van der Waals surface area contributed by atoms with Gasteiger partial charge in [0.2, 0.25) is 0 Å². The Hall–Kier alpha value is -3.94. The van der Waals surface area contributed by atoms with Crippen LogP contribution in [-0.2, 0) is 11.8 Å². The quantitative estimate of drug-likeness (QED) is 0.359. The lowest BCUT2D eigenvalue weighted by Crippen LogP contribution is -2.46. The van der Waals surface area contributed by atoms with Gasteiger partial charge in [0.15, 0.2) is 0 Å². The lowest BCUT2D eigenvalue weighted by Gasteiger charge is -2.38. The molecule has 0 aliphatic carbocycles. The number of rotatable bonds is 7. The highest BCUT2D eigenvalue weighted by atomic mass is 19.1. The van der Waals surface area contributed by atoms with Crippen molar-refractivity contribution in [3.63, 3.8) is 0 Å². The van der Waals surface area contributed by atoms with Gasteiger partial charge in [0.25, 0.3) is 5.56 Å². The molecule has 200 valence electrons. The van der Waals surface area contributed by atoms with Crippen LogP contribution in [0.25, 0.3) is 16.5 Å². The number of benzene rings is 1. The van der Waals surface area contributed by atoms with Crippen molar-refractivity contribution in [1.82, 2.24) is 9.55 Å². The third-order valence-electron chi connectivity index (χ3n) is 7.54. The number of halogens is 1. The van der Waals surface area contributed by atoms with Gasteiger partial charge in [0.05, 0.1) is 22.8 Å². The van der Waals surface area contributed by atoms with Gasteiger partial charge in [-0.25, -0.2) is 9.37 Å². The Labute approximate surface area is 222 Å². The number of hydrogen-bond donors (Lipinski definition) is 2. The molecule has 0 bridgehead atoms. The largest absolute Gasteiger partial charge is 0.481 e. The fourth-order valence-corrected chi connectivity index (χ4v) is 5.04. The summed E-state index contributed by atoms with van der Waals surface area (Å²) in [6.07, 6.45) is 7.70. The van der Waals surface area contributed by atoms with Gasteiger partial charge in [-0.2, -0.15) is 0 Å². The first-order valence-electron chi connectivity index (χ1n) is 13.0. The highest BCUT2D eigenvalue weighted by Crippen LogP contribution is 2.33. The monoisotopic (exact) mass is 518 g/mol. The van der Waals surface area contributed by atoms with Crippen molar-refractivity contribution >= 4 is 39.6 Å². The highest BCUT2D eigenvalue weighted by Gasteiger charge is 2.38. The highest BCUT2D eigenvalue weighted by molar-refractivity contribution is 5.89. The summed E-state index contributed by atoms with van der Waals surface area (Å²) in [7, 11) is 1.63. The normalized spacial score (nSPS) is 18.6. The van der Waals surface area contributed by atoms with Gasteiger partial charge >= 0.3 is 5.97 Å². The summed E-state index contributed by atoms with van der Waals surface area (Å²) in [4.78, 5) is 31.3. The van der Waals surface area contributed by atoms with Crippen LogP contribution >= 0.6 is 0 Å². The number of aromatic nitrogens is 2. The minimum Gasteiger partial charge on any atom is -0.481 e. The van der Waals surface area contributed by atoms with Crippen LogP contribution in [-0.4, -0.2) is 33.7 Å². The van der Waals surface area contributed by atoms with Crippen molar-refractivity contribution < 1.29 is 14.3 Å². The van der Waals surface area contributed by atoms with Gasteiger partial charge in [-0.15, -0.1) is 0 Å². The third kappa shape index (κ3) is 5.08. The molecule has 0 spiro atoms. The maximum absolute atomic E-state index is 15.9. The first-order chi connectivity index (χ1) is 18.1. The standard InChI is InChI=1S/C30H35FN4O3/c1-6-9-21(19(3)7-2)22-11-12-25-23(27(22)31)16-24(28(36)34(25)5)33-26-13-10-20(17-32-26)35-15-8-14-30(4,18-35)29(37)38/h6,9-13,16-17H,7-8,14-15,18H2,1-5H3,(H,32,33)(H,37,38)/b9-6-,21-19-. The predicted molar refractivity (Wildman–Crippen MR) is 152 cm³/mol. The van der Waals surface area contributed by atoms with Gasteiger partial charge in [-0.05, 0) is 75.9 Å². The van der Waals surface area contributed by atoms with Gasteiger partial charge in [-0.1, -0.05) is 24.6 Å². The summed E-state index contributed by atoms with van der Waals surface area (Å²) >= 11 is 0. The fraction of sp³-hybridized carbons (Fsp3) is 0.367. The summed E-state index contributed by atoms with van der Waals surface area (Å²) in [6, 6.07) is 8.66. The Morgan fingerprint density at radius 1 is 1.29 bits per heavy atom. The van der Waals surface area contributed by atoms with Crippen molar-refractivity contribution in [2.75, 3.05) is 23.3 Å². The molecule has 1 aliphatic heterocycles. The molecule has 38 heavy (non-hydrogen) atoms. The first-order valence-corrected chi connectivity index (χ1v) is 13.0. The van der Waals surface area contributed by atoms with Crippen LogP contribution in [0, 0.1) is 11.2 Å². The van der Waals surface area contributed by atoms with Crippen LogP contribution < -0.4 is 15.8 Å². The van der Waals surface area contributed by atoms with Crippen LogP contribution in [0.15, 0.2) is 59.0 Å². The lowest BCUT2D eigenvalue weighted by molar-refractivity contribution is -0.148. The minimum atomic E-state index is -0.799. The molecule has 1 aliphatic rings. The van der Waals surface area contributed by atoms with Crippen LogP contribution in [0.2, 0.25) is 0 Å². The van der Waals surface area contributed by atoms with Crippen LogP contribution in [0.3, 0.4) is 0 Å². The second-order valence-corrected chi connectivity index (χ2v) is 10.2. The van der Waals surface area contributed by atoms with E-state index in [9.17, 15) is 14.7 Å². The third-order valence-corrected chi connectivity index (χ3v) is 7.54. The van der Waals surface area contributed by atoms with Crippen LogP contribution in [0.1, 0.15) is 52.5 Å². The number of aryl methyl sites for hydroxylation is 1. The Kier molecular flexibility index (Phi) is 7.71. The Balaban J connectivity index is 1.68. The summed E-state index contributed by atoms with van der Waals surface area (Å²) in [5.74, 6) is -0.734. The first kappa shape index (κ1) is 27.1. The number of carboxylic acid groups (broad SMARTS) is 1. The van der Waals surface area contributed by atoms with Gasteiger partial charge in [0.1, 0.15) is 17.3 Å². The van der Waals surface area contributed by atoms with E-state index in [-0.39, 0.29) is 17.1 Å². The second kappa shape index (κ2) is 10.8. The summed E-state index contributed by atoms with van der Waals surface area (Å²) in [5, 5.41) is 13.0. The van der Waals surface area contributed by atoms with E-state index >= 15 is 4.39 Å². The molecule has 1 atom stereocenters. The minimum absolute atomic E-state index is 0.219. The number of nitrogens with one attached hydrogen (secondary N) is 1. The number of anilines is 3. The average molecular weight is 519 g/mol. The van der Waals surface area contributed by atoms with E-state index in [2.05, 4.69) is 10.3 Å². The van der Waals surface area contributed by atoms with Crippen molar-refractivity contribution in [2.45, 2.75) is 47.0 Å². The van der Waals surface area contributed by atoms with E-state index in [0.29, 0.717) is 35.2 Å². The number of carboxylic acids is 1. The number of piperidine rings is 1. The van der Waals surface area contributed by atoms with E-state index < -0.39 is 11.4 Å². The molecule has 0 saturated carbocycles. The molecule has 1 aromatic carbocycles. The lowest BCUT2D eigenvalue weighted by atomic mass is 9.82.